The summed E-state index contributed by atoms with van der Waals surface area (Å²) in [5.74, 6) is 1.23. The lowest BCUT2D eigenvalue weighted by Crippen LogP contribution is -2.15. The zero-order valence-electron chi connectivity index (χ0n) is 14.6. The number of carbonyl (C=O) groups is 1. The van der Waals surface area contributed by atoms with Gasteiger partial charge in [-0.25, -0.2) is 10.5 Å². The first-order valence-corrected chi connectivity index (χ1v) is 8.94. The maximum absolute atomic E-state index is 12.0. The highest BCUT2D eigenvalue weighted by molar-refractivity contribution is 7.99. The quantitative estimate of drug-likeness (QED) is 0.225. The lowest BCUT2D eigenvalue weighted by Gasteiger charge is -2.04. The SMILES string of the molecule is Cc1ccc(/C=N/Nc2nc(SCC(=O)Nc3ccccc3[N+](=O)[O-])n[nH]2)o1. The molecule has 1 amide bonds. The third-order valence-electron chi connectivity index (χ3n) is 3.30. The Balaban J connectivity index is 1.49. The van der Waals surface area contributed by atoms with E-state index in [0.717, 1.165) is 17.5 Å². The van der Waals surface area contributed by atoms with Gasteiger partial charge in [0.2, 0.25) is 17.0 Å². The van der Waals surface area contributed by atoms with Crippen LogP contribution in [0.1, 0.15) is 11.5 Å². The number of furan rings is 1. The largest absolute Gasteiger partial charge is 0.460 e. The molecule has 12 heteroatoms. The average molecular weight is 401 g/mol. The molecule has 0 aliphatic carbocycles. The van der Waals surface area contributed by atoms with E-state index in [4.69, 9.17) is 4.42 Å². The third kappa shape index (κ3) is 5.17. The summed E-state index contributed by atoms with van der Waals surface area (Å²) < 4.78 is 5.34. The number of rotatable bonds is 8. The van der Waals surface area contributed by atoms with Gasteiger partial charge in [-0.3, -0.25) is 14.9 Å². The fraction of sp³-hybridized carbons (Fsp3) is 0.125. The van der Waals surface area contributed by atoms with E-state index in [1.807, 2.05) is 13.0 Å². The zero-order chi connectivity index (χ0) is 19.9. The average Bonchev–Trinajstić information content (AvgIpc) is 3.29. The molecule has 2 aromatic heterocycles. The summed E-state index contributed by atoms with van der Waals surface area (Å²) in [6, 6.07) is 9.51. The van der Waals surface area contributed by atoms with Crippen LogP contribution in [0, 0.1) is 17.0 Å². The van der Waals surface area contributed by atoms with Crippen LogP contribution in [-0.2, 0) is 4.79 Å². The molecule has 3 aromatic rings. The highest BCUT2D eigenvalue weighted by atomic mass is 32.2. The van der Waals surface area contributed by atoms with Crippen LogP contribution in [0.5, 0.6) is 0 Å². The molecule has 0 fully saturated rings. The van der Waals surface area contributed by atoms with Crippen LogP contribution in [0.15, 0.2) is 51.1 Å². The van der Waals surface area contributed by atoms with Crippen LogP contribution in [0.4, 0.5) is 17.3 Å². The number of nitrogens with one attached hydrogen (secondary N) is 3. The fourth-order valence-electron chi connectivity index (χ4n) is 2.10. The van der Waals surface area contributed by atoms with Crippen molar-refractivity contribution in [1.29, 1.82) is 0 Å². The number of carbonyl (C=O) groups excluding carboxylic acids is 1. The highest BCUT2D eigenvalue weighted by Gasteiger charge is 2.15. The molecule has 1 aromatic carbocycles. The van der Waals surface area contributed by atoms with E-state index in [2.05, 4.69) is 31.0 Å². The second-order valence-electron chi connectivity index (χ2n) is 5.40. The van der Waals surface area contributed by atoms with Gasteiger partial charge in [0.1, 0.15) is 17.2 Å². The number of aryl methyl sites for hydroxylation is 1. The van der Waals surface area contributed by atoms with Gasteiger partial charge in [0, 0.05) is 6.07 Å². The zero-order valence-corrected chi connectivity index (χ0v) is 15.4. The van der Waals surface area contributed by atoms with Gasteiger partial charge in [0.25, 0.3) is 5.69 Å². The van der Waals surface area contributed by atoms with Gasteiger partial charge >= 0.3 is 0 Å². The van der Waals surface area contributed by atoms with Crippen LogP contribution in [0.25, 0.3) is 0 Å². The second-order valence-corrected chi connectivity index (χ2v) is 6.34. The molecule has 3 rings (SSSR count). The number of hydrogen-bond donors (Lipinski definition) is 3. The van der Waals surface area contributed by atoms with Crippen molar-refractivity contribution >= 4 is 41.2 Å². The van der Waals surface area contributed by atoms with Gasteiger partial charge < -0.3 is 9.73 Å². The number of hydrogen-bond acceptors (Lipinski definition) is 9. The van der Waals surface area contributed by atoms with Gasteiger partial charge in [0.15, 0.2) is 0 Å². The van der Waals surface area contributed by atoms with Crippen LogP contribution in [0.3, 0.4) is 0 Å². The maximum atomic E-state index is 12.0. The molecule has 0 bridgehead atoms. The molecule has 2 heterocycles. The predicted octanol–water partition coefficient (Wildman–Crippen LogP) is 2.79. The number of para-hydroxylation sites is 2. The molecule has 144 valence electrons. The molecule has 11 nitrogen and oxygen atoms in total. The Kier molecular flexibility index (Phi) is 6.01. The summed E-state index contributed by atoms with van der Waals surface area (Å²) in [4.78, 5) is 26.6. The number of hydrazone groups is 1. The second kappa shape index (κ2) is 8.81. The Morgan fingerprint density at radius 3 is 2.96 bits per heavy atom. The normalized spacial score (nSPS) is 10.9. The third-order valence-corrected chi connectivity index (χ3v) is 4.14. The van der Waals surface area contributed by atoms with Crippen molar-refractivity contribution < 1.29 is 14.1 Å². The van der Waals surface area contributed by atoms with Gasteiger partial charge in [0.05, 0.1) is 16.9 Å². The molecular formula is C16H15N7O4S. The minimum atomic E-state index is -0.555. The van der Waals surface area contributed by atoms with Crippen LogP contribution in [-0.4, -0.2) is 38.0 Å². The molecule has 0 saturated heterocycles. The number of nitro benzene ring substituents is 1. The summed E-state index contributed by atoms with van der Waals surface area (Å²) in [5, 5.41) is 24.3. The van der Waals surface area contributed by atoms with E-state index in [1.165, 1.54) is 24.4 Å². The number of H-pyrrole nitrogens is 1. The first kappa shape index (κ1) is 19.1. The van der Waals surface area contributed by atoms with E-state index in [9.17, 15) is 14.9 Å². The Bertz CT molecular complexity index is 1010. The van der Waals surface area contributed by atoms with E-state index in [1.54, 1.807) is 12.1 Å². The first-order chi connectivity index (χ1) is 13.5. The van der Waals surface area contributed by atoms with Crippen molar-refractivity contribution in [1.82, 2.24) is 15.2 Å². The van der Waals surface area contributed by atoms with Crippen molar-refractivity contribution in [2.24, 2.45) is 5.10 Å². The molecule has 0 unspecified atom stereocenters. The summed E-state index contributed by atoms with van der Waals surface area (Å²) in [5.41, 5.74) is 2.63. The Labute approximate surface area is 162 Å². The number of benzene rings is 1. The number of aromatic nitrogens is 3. The minimum Gasteiger partial charge on any atom is -0.460 e. The molecule has 0 aliphatic heterocycles. The topological polar surface area (TPSA) is 151 Å². The highest BCUT2D eigenvalue weighted by Crippen LogP contribution is 2.23. The van der Waals surface area contributed by atoms with E-state index < -0.39 is 10.8 Å². The monoisotopic (exact) mass is 401 g/mol. The minimum absolute atomic E-state index is 0.0156. The lowest BCUT2D eigenvalue weighted by molar-refractivity contribution is -0.383. The molecule has 28 heavy (non-hydrogen) atoms. The number of amides is 1. The van der Waals surface area contributed by atoms with Gasteiger partial charge in [-0.15, -0.1) is 5.10 Å². The van der Waals surface area contributed by atoms with Crippen LogP contribution in [0.2, 0.25) is 0 Å². The molecular weight excluding hydrogens is 386 g/mol. The predicted molar refractivity (Wildman–Crippen MR) is 103 cm³/mol. The fourth-order valence-corrected chi connectivity index (χ4v) is 2.69. The number of thioether (sulfide) groups is 1. The number of anilines is 2. The molecule has 3 N–H and O–H groups in total. The summed E-state index contributed by atoms with van der Waals surface area (Å²) in [6.07, 6.45) is 1.49. The molecule has 0 radical (unpaired) electrons. The molecule has 0 spiro atoms. The Morgan fingerprint density at radius 2 is 2.21 bits per heavy atom. The Morgan fingerprint density at radius 1 is 1.39 bits per heavy atom. The van der Waals surface area contributed by atoms with Crippen molar-refractivity contribution in [3.05, 3.63) is 58.0 Å². The van der Waals surface area contributed by atoms with E-state index >= 15 is 0 Å². The summed E-state index contributed by atoms with van der Waals surface area (Å²) in [6.45, 7) is 1.83. The Hall–Kier alpha value is -3.67. The lowest BCUT2D eigenvalue weighted by atomic mass is 10.2. The maximum Gasteiger partial charge on any atom is 0.292 e. The molecule has 0 atom stereocenters. The summed E-state index contributed by atoms with van der Waals surface area (Å²) >= 11 is 1.07. The van der Waals surface area contributed by atoms with Crippen LogP contribution < -0.4 is 10.7 Å². The standard InChI is InChI=1S/C16H15N7O4S/c1-10-6-7-11(27-10)8-17-20-15-19-16(22-21-15)28-9-14(24)18-12-4-2-3-5-13(12)23(25)26/h2-8H,9H2,1H3,(H,18,24)(H2,19,20,21,22)/b17-8+. The number of nitrogens with zero attached hydrogens (tertiary/aromatic N) is 4. The van der Waals surface area contributed by atoms with Gasteiger partial charge in [-0.05, 0) is 25.1 Å². The van der Waals surface area contributed by atoms with Gasteiger partial charge in [-0.2, -0.15) is 10.1 Å². The van der Waals surface area contributed by atoms with Crippen LogP contribution >= 0.6 is 11.8 Å². The van der Waals surface area contributed by atoms with E-state index in [-0.39, 0.29) is 17.1 Å². The number of aromatic amines is 1. The van der Waals surface area contributed by atoms with Crippen molar-refractivity contribution in [3.63, 3.8) is 0 Å². The summed E-state index contributed by atoms with van der Waals surface area (Å²) in [7, 11) is 0. The number of nitro groups is 1. The molecule has 0 saturated carbocycles. The first-order valence-electron chi connectivity index (χ1n) is 7.95. The molecule has 0 aliphatic rings. The van der Waals surface area contributed by atoms with Gasteiger partial charge in [-0.1, -0.05) is 23.9 Å². The van der Waals surface area contributed by atoms with Crippen molar-refractivity contribution in [2.45, 2.75) is 12.1 Å². The van der Waals surface area contributed by atoms with Crippen molar-refractivity contribution in [2.75, 3.05) is 16.5 Å². The smallest absolute Gasteiger partial charge is 0.292 e. The van der Waals surface area contributed by atoms with E-state index in [0.29, 0.717) is 16.9 Å². The van der Waals surface area contributed by atoms with Crippen molar-refractivity contribution in [3.8, 4) is 0 Å².